The minimum Gasteiger partial charge on any atom is -0.266 e. The second-order valence-corrected chi connectivity index (χ2v) is 1.67. The Labute approximate surface area is 54.0 Å². The summed E-state index contributed by atoms with van der Waals surface area (Å²) in [4.78, 5) is 9.91. The maximum Gasteiger partial charge on any atom is 0.296 e. The molecule has 0 aromatic carbocycles. The largest absolute Gasteiger partial charge is 0.296 e. The average molecular weight is 131 g/mol. The van der Waals surface area contributed by atoms with Crippen LogP contribution in [0.1, 0.15) is 19.8 Å². The van der Waals surface area contributed by atoms with E-state index in [2.05, 4.69) is 11.8 Å². The molecule has 0 aliphatic carbocycles. The normalized spacial score (nSPS) is 7.25. The molecule has 2 heteroatoms. The van der Waals surface area contributed by atoms with Crippen LogP contribution >= 0.6 is 11.6 Å². The molecular formula is C6H7ClO. The number of carbonyl (C=O) groups excluding carboxylic acids is 1. The van der Waals surface area contributed by atoms with Crippen molar-refractivity contribution in [3.05, 3.63) is 0 Å². The van der Waals surface area contributed by atoms with Crippen molar-refractivity contribution in [2.75, 3.05) is 0 Å². The molecule has 0 radical (unpaired) electrons. The number of hydrogen-bond acceptors (Lipinski definition) is 1. The Morgan fingerprint density at radius 1 is 1.75 bits per heavy atom. The van der Waals surface area contributed by atoms with Gasteiger partial charge in [-0.15, -0.1) is 0 Å². The lowest BCUT2D eigenvalue weighted by Gasteiger charge is -1.73. The molecule has 1 nitrogen and oxygen atoms in total. The standard InChI is InChI=1S/C6H7ClO/c1-2-3-4-5-6(7)8/h2-3H2,1H3. The van der Waals surface area contributed by atoms with E-state index >= 15 is 0 Å². The molecule has 0 unspecified atom stereocenters. The van der Waals surface area contributed by atoms with Crippen molar-refractivity contribution in [2.45, 2.75) is 19.8 Å². The van der Waals surface area contributed by atoms with Gasteiger partial charge in [0.2, 0.25) is 0 Å². The molecule has 0 aliphatic rings. The van der Waals surface area contributed by atoms with Gasteiger partial charge >= 0.3 is 0 Å². The van der Waals surface area contributed by atoms with Crippen LogP contribution in [0.15, 0.2) is 0 Å². The van der Waals surface area contributed by atoms with Crippen molar-refractivity contribution in [1.29, 1.82) is 0 Å². The minimum atomic E-state index is -0.571. The van der Waals surface area contributed by atoms with Crippen molar-refractivity contribution in [2.24, 2.45) is 0 Å². The predicted octanol–water partition coefficient (Wildman–Crippen LogP) is 1.56. The van der Waals surface area contributed by atoms with Crippen molar-refractivity contribution in [3.63, 3.8) is 0 Å². The van der Waals surface area contributed by atoms with Crippen LogP contribution in [0, 0.1) is 11.8 Å². The zero-order chi connectivity index (χ0) is 6.41. The summed E-state index contributed by atoms with van der Waals surface area (Å²) in [7, 11) is 0. The molecule has 8 heavy (non-hydrogen) atoms. The third-order valence-electron chi connectivity index (χ3n) is 0.562. The van der Waals surface area contributed by atoms with Gasteiger partial charge < -0.3 is 0 Å². The highest BCUT2D eigenvalue weighted by molar-refractivity contribution is 6.68. The monoisotopic (exact) mass is 130 g/mol. The Balaban J connectivity index is 3.35. The fourth-order valence-corrected chi connectivity index (χ4v) is 0.324. The van der Waals surface area contributed by atoms with Gasteiger partial charge in [-0.2, -0.15) is 0 Å². The summed E-state index contributed by atoms with van der Waals surface area (Å²) >= 11 is 4.90. The second-order valence-electron chi connectivity index (χ2n) is 1.33. The first-order valence-corrected chi connectivity index (χ1v) is 2.83. The minimum absolute atomic E-state index is 0.571. The highest BCUT2D eigenvalue weighted by atomic mass is 35.5. The number of halogens is 1. The van der Waals surface area contributed by atoms with Crippen LogP contribution in [0.4, 0.5) is 0 Å². The third kappa shape index (κ3) is 5.52. The fourth-order valence-electron chi connectivity index (χ4n) is 0.257. The summed E-state index contributed by atoms with van der Waals surface area (Å²) in [5.74, 6) is 4.83. The first-order chi connectivity index (χ1) is 3.77. The van der Waals surface area contributed by atoms with Gasteiger partial charge in [-0.1, -0.05) is 12.8 Å². The van der Waals surface area contributed by atoms with Crippen molar-refractivity contribution < 1.29 is 4.79 Å². The van der Waals surface area contributed by atoms with Gasteiger partial charge in [0.1, 0.15) is 0 Å². The lowest BCUT2D eigenvalue weighted by Crippen LogP contribution is -1.74. The number of carbonyl (C=O) groups is 1. The Morgan fingerprint density at radius 2 is 2.38 bits per heavy atom. The van der Waals surface area contributed by atoms with Crippen LogP contribution in [0.25, 0.3) is 0 Å². The molecule has 0 bridgehead atoms. The Kier molecular flexibility index (Phi) is 4.39. The van der Waals surface area contributed by atoms with Crippen LogP contribution in [0.2, 0.25) is 0 Å². The Morgan fingerprint density at radius 3 is 2.75 bits per heavy atom. The van der Waals surface area contributed by atoms with Gasteiger partial charge in [-0.3, -0.25) is 4.79 Å². The van der Waals surface area contributed by atoms with Crippen LogP contribution in [0.3, 0.4) is 0 Å². The van der Waals surface area contributed by atoms with Gasteiger partial charge in [0, 0.05) is 6.42 Å². The van der Waals surface area contributed by atoms with E-state index in [1.807, 2.05) is 6.92 Å². The molecule has 44 valence electrons. The van der Waals surface area contributed by atoms with Gasteiger partial charge in [-0.05, 0) is 23.9 Å². The van der Waals surface area contributed by atoms with Crippen molar-refractivity contribution in [3.8, 4) is 11.8 Å². The molecule has 0 aromatic heterocycles. The van der Waals surface area contributed by atoms with E-state index < -0.39 is 5.24 Å². The third-order valence-corrected chi connectivity index (χ3v) is 0.656. The maximum absolute atomic E-state index is 9.91. The molecule has 0 spiro atoms. The summed E-state index contributed by atoms with van der Waals surface area (Å²) in [6, 6.07) is 0. The van der Waals surface area contributed by atoms with Gasteiger partial charge in [0.25, 0.3) is 5.24 Å². The smallest absolute Gasteiger partial charge is 0.266 e. The van der Waals surface area contributed by atoms with E-state index in [1.165, 1.54) is 0 Å². The zero-order valence-corrected chi connectivity index (χ0v) is 5.46. The maximum atomic E-state index is 9.91. The summed E-state index contributed by atoms with van der Waals surface area (Å²) in [5.41, 5.74) is 0. The van der Waals surface area contributed by atoms with E-state index in [1.54, 1.807) is 0 Å². The van der Waals surface area contributed by atoms with E-state index in [0.29, 0.717) is 0 Å². The van der Waals surface area contributed by atoms with Gasteiger partial charge in [0.05, 0.1) is 0 Å². The SMILES string of the molecule is CCCC#CC(=O)Cl. The van der Waals surface area contributed by atoms with Crippen molar-refractivity contribution >= 4 is 16.8 Å². The lowest BCUT2D eigenvalue weighted by atomic mass is 10.3. The zero-order valence-electron chi connectivity index (χ0n) is 4.70. The van der Waals surface area contributed by atoms with E-state index in [-0.39, 0.29) is 0 Å². The van der Waals surface area contributed by atoms with Crippen molar-refractivity contribution in [1.82, 2.24) is 0 Å². The summed E-state index contributed by atoms with van der Waals surface area (Å²) in [5, 5.41) is -0.571. The topological polar surface area (TPSA) is 17.1 Å². The second kappa shape index (κ2) is 4.67. The summed E-state index contributed by atoms with van der Waals surface area (Å²) < 4.78 is 0. The van der Waals surface area contributed by atoms with E-state index in [0.717, 1.165) is 12.8 Å². The Hall–Kier alpha value is -0.480. The number of hydrogen-bond donors (Lipinski definition) is 0. The fraction of sp³-hybridized carbons (Fsp3) is 0.500. The molecule has 0 aromatic rings. The van der Waals surface area contributed by atoms with E-state index in [4.69, 9.17) is 11.6 Å². The summed E-state index contributed by atoms with van der Waals surface area (Å²) in [6.45, 7) is 1.99. The molecule has 0 aliphatic heterocycles. The van der Waals surface area contributed by atoms with Crippen LogP contribution in [0.5, 0.6) is 0 Å². The quantitative estimate of drug-likeness (QED) is 0.389. The van der Waals surface area contributed by atoms with Crippen LogP contribution < -0.4 is 0 Å². The molecule has 0 fully saturated rings. The number of unbranched alkanes of at least 4 members (excludes halogenated alkanes) is 1. The van der Waals surface area contributed by atoms with Gasteiger partial charge in [0.15, 0.2) is 0 Å². The highest BCUT2D eigenvalue weighted by Crippen LogP contribution is 1.82. The van der Waals surface area contributed by atoms with Crippen LogP contribution in [-0.2, 0) is 4.79 Å². The van der Waals surface area contributed by atoms with E-state index in [9.17, 15) is 4.79 Å². The number of rotatable bonds is 1. The average Bonchev–Trinajstić information content (AvgIpc) is 1.66. The Bertz CT molecular complexity index is 129. The molecule has 0 saturated heterocycles. The lowest BCUT2D eigenvalue weighted by molar-refractivity contribution is -0.107. The van der Waals surface area contributed by atoms with Gasteiger partial charge in [-0.25, -0.2) is 0 Å². The molecule has 0 saturated carbocycles. The first-order valence-electron chi connectivity index (χ1n) is 2.45. The molecular weight excluding hydrogens is 124 g/mol. The van der Waals surface area contributed by atoms with Crippen LogP contribution in [-0.4, -0.2) is 5.24 Å². The summed E-state index contributed by atoms with van der Waals surface area (Å²) in [6.07, 6.45) is 1.72. The molecule has 0 rings (SSSR count). The molecule has 0 heterocycles. The molecule has 0 atom stereocenters. The first kappa shape index (κ1) is 7.52. The highest BCUT2D eigenvalue weighted by Gasteiger charge is 1.79. The molecule has 0 amide bonds. The molecule has 0 N–H and O–H groups in total. The predicted molar refractivity (Wildman–Crippen MR) is 33.5 cm³/mol.